The quantitative estimate of drug-likeness (QED) is 0.824. The zero-order chi connectivity index (χ0) is 14.8. The fourth-order valence-electron chi connectivity index (χ4n) is 1.58. The summed E-state index contributed by atoms with van der Waals surface area (Å²) in [7, 11) is -3.67. The number of benzene rings is 1. The number of nitrogens with one attached hydrogen (secondary N) is 1. The number of nitrogens with zero attached hydrogens (tertiary/aromatic N) is 2. The van der Waals surface area contributed by atoms with Crippen molar-refractivity contribution in [2.45, 2.75) is 25.2 Å². The Kier molecular flexibility index (Phi) is 4.24. The summed E-state index contributed by atoms with van der Waals surface area (Å²) in [5.41, 5.74) is 5.98. The third-order valence-electron chi connectivity index (χ3n) is 2.44. The summed E-state index contributed by atoms with van der Waals surface area (Å²) in [6, 6.07) is 6.10. The molecule has 0 saturated carbocycles. The van der Waals surface area contributed by atoms with Crippen molar-refractivity contribution in [1.82, 2.24) is 10.2 Å². The van der Waals surface area contributed by atoms with Crippen LogP contribution in [0.1, 0.15) is 18.9 Å². The van der Waals surface area contributed by atoms with E-state index in [9.17, 15) is 8.42 Å². The van der Waals surface area contributed by atoms with E-state index in [2.05, 4.69) is 28.8 Å². The number of aromatic nitrogens is 2. The first-order chi connectivity index (χ1) is 9.37. The van der Waals surface area contributed by atoms with Crippen LogP contribution in [0.4, 0.5) is 10.8 Å². The van der Waals surface area contributed by atoms with Crippen molar-refractivity contribution < 1.29 is 8.42 Å². The molecule has 0 atom stereocenters. The van der Waals surface area contributed by atoms with Crippen LogP contribution in [0.25, 0.3) is 0 Å². The number of nitrogens with two attached hydrogens (primary N) is 1. The van der Waals surface area contributed by atoms with E-state index in [1.807, 2.05) is 0 Å². The summed E-state index contributed by atoms with van der Waals surface area (Å²) >= 11 is 1.24. The van der Waals surface area contributed by atoms with Gasteiger partial charge in [0.25, 0.3) is 10.0 Å². The lowest BCUT2D eigenvalue weighted by molar-refractivity contribution is 0.601. The molecule has 6 nitrogen and oxygen atoms in total. The Bertz CT molecular complexity index is 695. The molecule has 2 aromatic rings. The van der Waals surface area contributed by atoms with Crippen LogP contribution < -0.4 is 10.5 Å². The van der Waals surface area contributed by atoms with Crippen LogP contribution >= 0.6 is 11.3 Å². The second kappa shape index (κ2) is 5.76. The molecule has 0 saturated heterocycles. The molecule has 20 heavy (non-hydrogen) atoms. The van der Waals surface area contributed by atoms with Crippen LogP contribution in [0.3, 0.4) is 0 Å². The Hall–Kier alpha value is -1.67. The summed E-state index contributed by atoms with van der Waals surface area (Å²) in [6.45, 7) is 4.13. The Balaban J connectivity index is 2.18. The van der Waals surface area contributed by atoms with Crippen LogP contribution in [0, 0.1) is 5.92 Å². The summed E-state index contributed by atoms with van der Waals surface area (Å²) in [6.07, 6.45) is 0.775. The Morgan fingerprint density at radius 2 is 2.10 bits per heavy atom. The zero-order valence-electron chi connectivity index (χ0n) is 11.2. The van der Waals surface area contributed by atoms with Gasteiger partial charge in [-0.1, -0.05) is 31.3 Å². The molecule has 0 radical (unpaired) electrons. The van der Waals surface area contributed by atoms with E-state index < -0.39 is 10.0 Å². The molecule has 0 aliphatic carbocycles. The Labute approximate surface area is 122 Å². The van der Waals surface area contributed by atoms with Crippen LogP contribution in [0.5, 0.6) is 0 Å². The largest absolute Gasteiger partial charge is 0.399 e. The monoisotopic (exact) mass is 312 g/mol. The fourth-order valence-corrected chi connectivity index (χ4v) is 3.82. The predicted octanol–water partition coefficient (Wildman–Crippen LogP) is 2.12. The third kappa shape index (κ3) is 3.67. The summed E-state index contributed by atoms with van der Waals surface area (Å²) in [5.74, 6) is 0.446. The SMILES string of the molecule is CC(C)Cc1nnc(NS(=O)(=O)c2cccc(N)c2)s1. The maximum atomic E-state index is 12.2. The lowest BCUT2D eigenvalue weighted by Crippen LogP contribution is -2.13. The molecule has 108 valence electrons. The van der Waals surface area contributed by atoms with Gasteiger partial charge >= 0.3 is 0 Å². The van der Waals surface area contributed by atoms with E-state index in [4.69, 9.17) is 5.73 Å². The van der Waals surface area contributed by atoms with Gasteiger partial charge in [0.2, 0.25) is 5.13 Å². The Morgan fingerprint density at radius 3 is 2.75 bits per heavy atom. The maximum Gasteiger partial charge on any atom is 0.263 e. The maximum absolute atomic E-state index is 12.2. The molecular weight excluding hydrogens is 296 g/mol. The molecule has 0 bridgehead atoms. The van der Waals surface area contributed by atoms with E-state index in [0.717, 1.165) is 11.4 Å². The molecule has 0 fully saturated rings. The number of hydrogen-bond donors (Lipinski definition) is 2. The second-order valence-electron chi connectivity index (χ2n) is 4.78. The van der Waals surface area contributed by atoms with Gasteiger partial charge in [0, 0.05) is 12.1 Å². The second-order valence-corrected chi connectivity index (χ2v) is 7.52. The minimum absolute atomic E-state index is 0.109. The molecule has 8 heteroatoms. The van der Waals surface area contributed by atoms with Crippen molar-refractivity contribution >= 4 is 32.2 Å². The van der Waals surface area contributed by atoms with Gasteiger partial charge in [0.15, 0.2) is 0 Å². The van der Waals surface area contributed by atoms with Gasteiger partial charge < -0.3 is 5.73 Å². The molecule has 0 amide bonds. The first-order valence-electron chi connectivity index (χ1n) is 6.07. The molecule has 0 aliphatic rings. The van der Waals surface area contributed by atoms with Gasteiger partial charge in [0.1, 0.15) is 5.01 Å². The minimum Gasteiger partial charge on any atom is -0.399 e. The van der Waals surface area contributed by atoms with E-state index in [-0.39, 0.29) is 10.0 Å². The van der Waals surface area contributed by atoms with Crippen LogP contribution in [-0.2, 0) is 16.4 Å². The van der Waals surface area contributed by atoms with Gasteiger partial charge in [-0.25, -0.2) is 8.42 Å². The summed E-state index contributed by atoms with van der Waals surface area (Å²) < 4.78 is 26.7. The number of nitrogen functional groups attached to an aromatic ring is 1. The lowest BCUT2D eigenvalue weighted by atomic mass is 10.1. The van der Waals surface area contributed by atoms with E-state index in [1.165, 1.54) is 23.5 Å². The number of sulfonamides is 1. The van der Waals surface area contributed by atoms with Gasteiger partial charge in [-0.2, -0.15) is 0 Å². The molecular formula is C12H16N4O2S2. The number of hydrogen-bond acceptors (Lipinski definition) is 6. The number of rotatable bonds is 5. The predicted molar refractivity (Wildman–Crippen MR) is 80.1 cm³/mol. The average Bonchev–Trinajstić information content (AvgIpc) is 2.74. The lowest BCUT2D eigenvalue weighted by Gasteiger charge is -2.05. The van der Waals surface area contributed by atoms with Gasteiger partial charge in [-0.15, -0.1) is 10.2 Å². The van der Waals surface area contributed by atoms with Crippen molar-refractivity contribution in [3.63, 3.8) is 0 Å². The molecule has 3 N–H and O–H groups in total. The average molecular weight is 312 g/mol. The third-order valence-corrected chi connectivity index (χ3v) is 4.77. The molecule has 0 aliphatic heterocycles. The van der Waals surface area contributed by atoms with Crippen molar-refractivity contribution in [2.75, 3.05) is 10.5 Å². The highest BCUT2D eigenvalue weighted by Crippen LogP contribution is 2.22. The van der Waals surface area contributed by atoms with Gasteiger partial charge in [-0.05, 0) is 24.1 Å². The van der Waals surface area contributed by atoms with Gasteiger partial charge in [-0.3, -0.25) is 4.72 Å². The molecule has 0 unspecified atom stereocenters. The molecule has 1 aromatic carbocycles. The first kappa shape index (κ1) is 14.7. The topological polar surface area (TPSA) is 98.0 Å². The molecule has 0 spiro atoms. The van der Waals surface area contributed by atoms with Crippen LogP contribution in [0.2, 0.25) is 0 Å². The minimum atomic E-state index is -3.67. The van der Waals surface area contributed by atoms with Crippen LogP contribution in [0.15, 0.2) is 29.2 Å². The summed E-state index contributed by atoms with van der Waals surface area (Å²) in [5, 5.41) is 8.90. The van der Waals surface area contributed by atoms with Crippen LogP contribution in [-0.4, -0.2) is 18.6 Å². The molecule has 2 rings (SSSR count). The molecule has 1 heterocycles. The number of anilines is 2. The highest BCUT2D eigenvalue weighted by atomic mass is 32.2. The normalized spacial score (nSPS) is 11.8. The van der Waals surface area contributed by atoms with Crippen molar-refractivity contribution in [2.24, 2.45) is 5.92 Å². The zero-order valence-corrected chi connectivity index (χ0v) is 12.8. The fraction of sp³-hybridized carbons (Fsp3) is 0.333. The van der Waals surface area contributed by atoms with Gasteiger partial charge in [0.05, 0.1) is 4.90 Å². The van der Waals surface area contributed by atoms with E-state index in [0.29, 0.717) is 11.6 Å². The molecule has 1 aromatic heterocycles. The first-order valence-corrected chi connectivity index (χ1v) is 8.37. The van der Waals surface area contributed by atoms with Crippen molar-refractivity contribution in [1.29, 1.82) is 0 Å². The summed E-state index contributed by atoms with van der Waals surface area (Å²) in [4.78, 5) is 0.109. The van der Waals surface area contributed by atoms with E-state index in [1.54, 1.807) is 12.1 Å². The highest BCUT2D eigenvalue weighted by molar-refractivity contribution is 7.93. The Morgan fingerprint density at radius 1 is 1.35 bits per heavy atom. The van der Waals surface area contributed by atoms with E-state index >= 15 is 0 Å². The smallest absolute Gasteiger partial charge is 0.263 e. The van der Waals surface area contributed by atoms with Crippen molar-refractivity contribution in [3.05, 3.63) is 29.3 Å². The highest BCUT2D eigenvalue weighted by Gasteiger charge is 2.17. The standard InChI is InChI=1S/C12H16N4O2S2/c1-8(2)6-11-14-15-12(19-11)16-20(17,18)10-5-3-4-9(13)7-10/h3-5,7-8H,6,13H2,1-2H3,(H,15,16). The van der Waals surface area contributed by atoms with Crippen molar-refractivity contribution in [3.8, 4) is 0 Å².